The fourth-order valence-electron chi connectivity index (χ4n) is 1.73. The molecule has 0 aliphatic heterocycles. The maximum absolute atomic E-state index is 10.6. The molecular weight excluding hydrogens is 204 g/mol. The van der Waals surface area contributed by atoms with Crippen LogP contribution in [0.15, 0.2) is 0 Å². The molecule has 0 spiro atoms. The van der Waals surface area contributed by atoms with Crippen molar-refractivity contribution in [2.75, 3.05) is 0 Å². The fourth-order valence-corrected chi connectivity index (χ4v) is 2.41. The zero-order valence-electron chi connectivity index (χ0n) is 9.28. The van der Waals surface area contributed by atoms with Gasteiger partial charge in [-0.15, -0.1) is 0 Å². The summed E-state index contributed by atoms with van der Waals surface area (Å²) < 4.78 is 34.5. The second kappa shape index (κ2) is 5.09. The van der Waals surface area contributed by atoms with Crippen molar-refractivity contribution in [2.45, 2.75) is 52.6 Å². The van der Waals surface area contributed by atoms with Crippen molar-refractivity contribution in [3.8, 4) is 0 Å². The first kappa shape index (κ1) is 13.9. The first-order chi connectivity index (χ1) is 6.23. The summed E-state index contributed by atoms with van der Waals surface area (Å²) in [6.07, 6.45) is 2.69. The van der Waals surface area contributed by atoms with Gasteiger partial charge in [0.25, 0.3) is 0 Å². The Bertz CT molecular complexity index is 256. The molecule has 0 amide bonds. The highest BCUT2D eigenvalue weighted by atomic mass is 32.3. The molecule has 0 heterocycles. The van der Waals surface area contributed by atoms with E-state index < -0.39 is 16.0 Å². The van der Waals surface area contributed by atoms with Crippen LogP contribution in [-0.2, 0) is 14.6 Å². The van der Waals surface area contributed by atoms with E-state index in [1.54, 1.807) is 13.8 Å². The summed E-state index contributed by atoms with van der Waals surface area (Å²) in [6.45, 7) is 7.39. The SMILES string of the molecule is CCCC(CC)C(C)(C)OS(=O)(=O)O. The van der Waals surface area contributed by atoms with Gasteiger partial charge in [-0.2, -0.15) is 8.42 Å². The maximum atomic E-state index is 10.6. The molecule has 0 aromatic carbocycles. The third kappa shape index (κ3) is 4.93. The van der Waals surface area contributed by atoms with Crippen LogP contribution in [0.2, 0.25) is 0 Å². The van der Waals surface area contributed by atoms with E-state index in [-0.39, 0.29) is 5.92 Å². The summed E-state index contributed by atoms with van der Waals surface area (Å²) >= 11 is 0. The van der Waals surface area contributed by atoms with Crippen molar-refractivity contribution < 1.29 is 17.2 Å². The molecule has 86 valence electrons. The van der Waals surface area contributed by atoms with E-state index >= 15 is 0 Å². The molecule has 14 heavy (non-hydrogen) atoms. The largest absolute Gasteiger partial charge is 0.397 e. The van der Waals surface area contributed by atoms with Gasteiger partial charge in [0.15, 0.2) is 0 Å². The van der Waals surface area contributed by atoms with Gasteiger partial charge in [0.05, 0.1) is 5.60 Å². The molecule has 1 unspecified atom stereocenters. The highest BCUT2D eigenvalue weighted by Gasteiger charge is 2.32. The van der Waals surface area contributed by atoms with Gasteiger partial charge in [0.1, 0.15) is 0 Å². The molecule has 4 nitrogen and oxygen atoms in total. The predicted molar refractivity (Wildman–Crippen MR) is 55.4 cm³/mol. The van der Waals surface area contributed by atoms with Crippen LogP contribution in [0.25, 0.3) is 0 Å². The third-order valence-corrected chi connectivity index (χ3v) is 3.07. The molecule has 0 rings (SSSR count). The fraction of sp³-hybridized carbons (Fsp3) is 1.00. The van der Waals surface area contributed by atoms with Gasteiger partial charge < -0.3 is 0 Å². The minimum absolute atomic E-state index is 0.134. The van der Waals surface area contributed by atoms with Gasteiger partial charge in [-0.3, -0.25) is 4.55 Å². The van der Waals surface area contributed by atoms with Crippen molar-refractivity contribution >= 4 is 10.4 Å². The lowest BCUT2D eigenvalue weighted by molar-refractivity contribution is 0.0322. The Balaban J connectivity index is 4.56. The Labute approximate surface area is 86.6 Å². The molecule has 0 aliphatic carbocycles. The van der Waals surface area contributed by atoms with Crippen LogP contribution < -0.4 is 0 Å². The lowest BCUT2D eigenvalue weighted by Gasteiger charge is -2.31. The van der Waals surface area contributed by atoms with Crippen molar-refractivity contribution in [1.29, 1.82) is 0 Å². The highest BCUT2D eigenvalue weighted by Crippen LogP contribution is 2.29. The van der Waals surface area contributed by atoms with Gasteiger partial charge in [0.2, 0.25) is 0 Å². The lowest BCUT2D eigenvalue weighted by atomic mass is 9.85. The van der Waals surface area contributed by atoms with Crippen LogP contribution in [-0.4, -0.2) is 18.6 Å². The minimum Gasteiger partial charge on any atom is -0.264 e. The van der Waals surface area contributed by atoms with Crippen LogP contribution in [0.3, 0.4) is 0 Å². The molecule has 1 atom stereocenters. The molecule has 0 saturated carbocycles. The Morgan fingerprint density at radius 3 is 2.14 bits per heavy atom. The van der Waals surface area contributed by atoms with Gasteiger partial charge in [-0.25, -0.2) is 4.18 Å². The van der Waals surface area contributed by atoms with Crippen LogP contribution in [0.4, 0.5) is 0 Å². The molecule has 0 aromatic rings. The minimum atomic E-state index is -4.36. The molecule has 0 radical (unpaired) electrons. The Morgan fingerprint density at radius 1 is 1.36 bits per heavy atom. The summed E-state index contributed by atoms with van der Waals surface area (Å²) in [5, 5.41) is 0. The average molecular weight is 224 g/mol. The zero-order valence-corrected chi connectivity index (χ0v) is 10.1. The molecule has 5 heteroatoms. The van der Waals surface area contributed by atoms with E-state index in [0.29, 0.717) is 0 Å². The highest BCUT2D eigenvalue weighted by molar-refractivity contribution is 7.80. The number of hydrogen-bond donors (Lipinski definition) is 1. The number of hydrogen-bond acceptors (Lipinski definition) is 3. The summed E-state index contributed by atoms with van der Waals surface area (Å²) in [4.78, 5) is 0. The van der Waals surface area contributed by atoms with Gasteiger partial charge in [-0.1, -0.05) is 26.7 Å². The van der Waals surface area contributed by atoms with Crippen LogP contribution in [0, 0.1) is 5.92 Å². The smallest absolute Gasteiger partial charge is 0.264 e. The Kier molecular flexibility index (Phi) is 5.05. The second-order valence-electron chi connectivity index (χ2n) is 4.01. The standard InChI is InChI=1S/C9H20O4S/c1-5-7-8(6-2)9(3,4)13-14(10,11)12/h8H,5-7H2,1-4H3,(H,10,11,12). The van der Waals surface area contributed by atoms with Crippen LogP contribution in [0.1, 0.15) is 47.0 Å². The average Bonchev–Trinajstić information content (AvgIpc) is 1.94. The molecule has 0 bridgehead atoms. The van der Waals surface area contributed by atoms with Gasteiger partial charge in [0, 0.05) is 0 Å². The van der Waals surface area contributed by atoms with E-state index in [0.717, 1.165) is 19.3 Å². The monoisotopic (exact) mass is 224 g/mol. The third-order valence-electron chi connectivity index (χ3n) is 2.43. The quantitative estimate of drug-likeness (QED) is 0.704. The molecule has 0 aromatic heterocycles. The molecule has 0 fully saturated rings. The van der Waals surface area contributed by atoms with Gasteiger partial charge >= 0.3 is 10.4 Å². The van der Waals surface area contributed by atoms with Gasteiger partial charge in [-0.05, 0) is 26.2 Å². The van der Waals surface area contributed by atoms with E-state index in [1.165, 1.54) is 0 Å². The topological polar surface area (TPSA) is 63.6 Å². The molecular formula is C9H20O4S. The summed E-state index contributed by atoms with van der Waals surface area (Å²) in [6, 6.07) is 0. The van der Waals surface area contributed by atoms with E-state index in [1.807, 2.05) is 13.8 Å². The van der Waals surface area contributed by atoms with Crippen molar-refractivity contribution in [3.63, 3.8) is 0 Å². The Hall–Kier alpha value is -0.130. The zero-order chi connectivity index (χ0) is 11.4. The van der Waals surface area contributed by atoms with Crippen molar-refractivity contribution in [2.24, 2.45) is 5.92 Å². The normalized spacial score (nSPS) is 15.5. The predicted octanol–water partition coefficient (Wildman–Crippen LogP) is 2.41. The van der Waals surface area contributed by atoms with Crippen molar-refractivity contribution in [3.05, 3.63) is 0 Å². The first-order valence-corrected chi connectivity index (χ1v) is 6.27. The van der Waals surface area contributed by atoms with E-state index in [4.69, 9.17) is 4.55 Å². The van der Waals surface area contributed by atoms with Crippen molar-refractivity contribution in [1.82, 2.24) is 0 Å². The van der Waals surface area contributed by atoms with Crippen LogP contribution in [0.5, 0.6) is 0 Å². The summed E-state index contributed by atoms with van der Waals surface area (Å²) in [5.74, 6) is 0.134. The lowest BCUT2D eigenvalue weighted by Crippen LogP contribution is -2.36. The molecule has 1 N–H and O–H groups in total. The number of rotatable bonds is 6. The first-order valence-electron chi connectivity index (χ1n) is 4.91. The molecule has 0 saturated heterocycles. The van der Waals surface area contributed by atoms with E-state index in [2.05, 4.69) is 4.18 Å². The summed E-state index contributed by atoms with van der Waals surface area (Å²) in [7, 11) is -4.36. The summed E-state index contributed by atoms with van der Waals surface area (Å²) in [5.41, 5.74) is -0.835. The maximum Gasteiger partial charge on any atom is 0.397 e. The molecule has 0 aliphatic rings. The Morgan fingerprint density at radius 2 is 1.86 bits per heavy atom. The van der Waals surface area contributed by atoms with Crippen LogP contribution >= 0.6 is 0 Å². The van der Waals surface area contributed by atoms with E-state index in [9.17, 15) is 8.42 Å². The second-order valence-corrected chi connectivity index (χ2v) is 5.03.